The van der Waals surface area contributed by atoms with Gasteiger partial charge in [-0.2, -0.15) is 0 Å². The highest BCUT2D eigenvalue weighted by Crippen LogP contribution is 2.45. The third-order valence-electron chi connectivity index (χ3n) is 13.1. The number of pyridine rings is 1. The van der Waals surface area contributed by atoms with Crippen molar-refractivity contribution < 1.29 is 28.9 Å². The van der Waals surface area contributed by atoms with E-state index in [0.29, 0.717) is 38.4 Å². The second-order valence-corrected chi connectivity index (χ2v) is 17.8. The topological polar surface area (TPSA) is 144 Å². The van der Waals surface area contributed by atoms with Gasteiger partial charge in [0.2, 0.25) is 0 Å². The summed E-state index contributed by atoms with van der Waals surface area (Å²) in [5.74, 6) is -0.587. The molecule has 3 atom stereocenters. The zero-order valence-electron chi connectivity index (χ0n) is 35.0. The molecule has 310 valence electrons. The number of aryl methyl sites for hydroxylation is 1. The Morgan fingerprint density at radius 1 is 1.03 bits per heavy atom. The molecule has 4 aromatic rings. The fourth-order valence-corrected chi connectivity index (χ4v) is 9.58. The number of hydrazine groups is 1. The molecule has 2 aromatic heterocycles. The molecule has 2 saturated heterocycles. The van der Waals surface area contributed by atoms with E-state index in [1.54, 1.807) is 19.2 Å². The largest absolute Gasteiger partial charge is 0.508 e. The normalized spacial score (nSPS) is 23.4. The maximum atomic E-state index is 13.7. The Morgan fingerprint density at radius 2 is 1.81 bits per heavy atom. The average molecular weight is 793 g/mol. The van der Waals surface area contributed by atoms with Gasteiger partial charge in [0.05, 0.1) is 35.7 Å². The highest BCUT2D eigenvalue weighted by atomic mass is 16.5. The number of nitrogens with zero attached hydrogens (tertiary/aromatic N) is 4. The third kappa shape index (κ3) is 7.77. The molecule has 6 bridgehead atoms. The Balaban J connectivity index is 1.31. The number of hydrogen-bond acceptors (Lipinski definition) is 10. The molecule has 0 unspecified atom stereocenters. The number of benzene rings is 2. The molecule has 1 saturated carbocycles. The van der Waals surface area contributed by atoms with E-state index in [4.69, 9.17) is 24.9 Å². The van der Waals surface area contributed by atoms with Crippen LogP contribution in [0.4, 0.5) is 0 Å². The van der Waals surface area contributed by atoms with E-state index >= 15 is 0 Å². The lowest BCUT2D eigenvalue weighted by molar-refractivity contribution is -0.154. The van der Waals surface area contributed by atoms with Crippen molar-refractivity contribution >= 4 is 22.8 Å². The Kier molecular flexibility index (Phi) is 11.2. The summed E-state index contributed by atoms with van der Waals surface area (Å²) < 4.78 is 20.9. The molecule has 3 aliphatic heterocycles. The second kappa shape index (κ2) is 16.0. The van der Waals surface area contributed by atoms with Gasteiger partial charge < -0.3 is 34.5 Å². The standard InChI is InChI=1S/C46H60N6O6/c1-7-51-40-13-10-30-23-35(40)37(42(51)36-24-32(26-48-41(36)28(2)56-5)46(57-6)14-17-50(18-15-46)33-11-12-33)25-45(3,4)27-58-44(55)39-9-8-16-52(49-39)43(54)38(47)21-29-19-31(30)22-34(53)20-29/h10,13,19-20,22-24,26,28,33,38-39,49,53H,7-9,11-12,14-18,21,25,27,47H2,1-6H3/t28-,38-,39-/m0/s1. The molecule has 0 radical (unpaired) electrons. The van der Waals surface area contributed by atoms with Crippen LogP contribution >= 0.6 is 0 Å². The molecule has 1 amide bonds. The van der Waals surface area contributed by atoms with E-state index in [1.807, 2.05) is 26.3 Å². The Hall–Kier alpha value is -4.33. The van der Waals surface area contributed by atoms with Gasteiger partial charge in [0.25, 0.3) is 5.91 Å². The number of ether oxygens (including phenoxy) is 3. The number of aromatic hydroxyl groups is 1. The van der Waals surface area contributed by atoms with Crippen molar-refractivity contribution in [1.82, 2.24) is 24.9 Å². The van der Waals surface area contributed by atoms with Crippen molar-refractivity contribution in [1.29, 1.82) is 0 Å². The molecule has 0 spiro atoms. The number of likely N-dealkylation sites (tertiary alicyclic amines) is 1. The SMILES string of the molecule is CCn1c(-c2cc(C3(OC)CCN(C4CC4)CC3)cnc2[C@H](C)OC)c2c3cc(ccc31)-c1cc(O)cc(c1)C[C@H](N)C(=O)N1CCC[C@H](N1)C(=O)OCC(C)(C)C2. The van der Waals surface area contributed by atoms with Crippen LogP contribution in [0.3, 0.4) is 0 Å². The molecule has 4 N–H and O–H groups in total. The first-order chi connectivity index (χ1) is 27.8. The molecule has 5 heterocycles. The van der Waals surface area contributed by atoms with Crippen molar-refractivity contribution in [2.24, 2.45) is 11.1 Å². The van der Waals surface area contributed by atoms with Crippen LogP contribution in [-0.4, -0.2) is 95.0 Å². The smallest absolute Gasteiger partial charge is 0.324 e. The Labute approximate surface area is 342 Å². The van der Waals surface area contributed by atoms with E-state index in [-0.39, 0.29) is 36.8 Å². The van der Waals surface area contributed by atoms with Gasteiger partial charge in [-0.3, -0.25) is 19.6 Å². The Morgan fingerprint density at radius 3 is 2.52 bits per heavy atom. The maximum Gasteiger partial charge on any atom is 0.324 e. The summed E-state index contributed by atoms with van der Waals surface area (Å²) >= 11 is 0. The summed E-state index contributed by atoms with van der Waals surface area (Å²) in [7, 11) is 3.56. The summed E-state index contributed by atoms with van der Waals surface area (Å²) in [5, 5.41) is 13.5. The van der Waals surface area contributed by atoms with E-state index in [9.17, 15) is 14.7 Å². The molecule has 8 rings (SSSR count). The number of amides is 1. The van der Waals surface area contributed by atoms with Crippen LogP contribution < -0.4 is 11.2 Å². The minimum Gasteiger partial charge on any atom is -0.508 e. The van der Waals surface area contributed by atoms with E-state index in [0.717, 1.165) is 81.6 Å². The fourth-order valence-electron chi connectivity index (χ4n) is 9.58. The number of methoxy groups -OCH3 is 2. The number of phenols is 1. The van der Waals surface area contributed by atoms with E-state index < -0.39 is 23.1 Å². The molecule has 12 heteroatoms. The quantitative estimate of drug-likeness (QED) is 0.180. The van der Waals surface area contributed by atoms with E-state index in [2.05, 4.69) is 59.9 Å². The van der Waals surface area contributed by atoms with Crippen LogP contribution in [0.25, 0.3) is 33.3 Å². The minimum atomic E-state index is -0.874. The predicted octanol–water partition coefficient (Wildman–Crippen LogP) is 6.39. The molecule has 3 fully saturated rings. The first kappa shape index (κ1) is 40.4. The molecule has 58 heavy (non-hydrogen) atoms. The fraction of sp³-hybridized carbons (Fsp3) is 0.543. The van der Waals surface area contributed by atoms with Gasteiger partial charge in [0, 0.05) is 80.1 Å². The molecule has 12 nitrogen and oxygen atoms in total. The number of piperidine rings is 1. The van der Waals surface area contributed by atoms with Crippen molar-refractivity contribution in [2.45, 2.75) is 115 Å². The highest BCUT2D eigenvalue weighted by Gasteiger charge is 2.42. The second-order valence-electron chi connectivity index (χ2n) is 17.8. The van der Waals surface area contributed by atoms with Gasteiger partial charge in [-0.1, -0.05) is 26.0 Å². The lowest BCUT2D eigenvalue weighted by Gasteiger charge is -2.41. The lowest BCUT2D eigenvalue weighted by Crippen LogP contribution is -2.59. The van der Waals surface area contributed by atoms with Gasteiger partial charge >= 0.3 is 5.97 Å². The van der Waals surface area contributed by atoms with Crippen molar-refractivity contribution in [3.8, 4) is 28.1 Å². The van der Waals surface area contributed by atoms with Gasteiger partial charge in [0.1, 0.15) is 11.8 Å². The number of carbonyl (C=O) groups is 2. The van der Waals surface area contributed by atoms with Crippen LogP contribution in [0.5, 0.6) is 5.75 Å². The number of phenolic OH excluding ortho intramolecular Hbond substituents is 1. The summed E-state index contributed by atoms with van der Waals surface area (Å²) in [6.45, 7) is 11.8. The monoisotopic (exact) mass is 792 g/mol. The van der Waals surface area contributed by atoms with Gasteiger partial charge in [-0.05, 0) is 118 Å². The van der Waals surface area contributed by atoms with Crippen LogP contribution in [0.2, 0.25) is 0 Å². The molecule has 2 aromatic carbocycles. The number of nitrogens with one attached hydrogen (secondary N) is 1. The number of cyclic esters (lactones) is 1. The summed E-state index contributed by atoms with van der Waals surface area (Å²) in [5.41, 5.74) is 17.3. The zero-order valence-corrected chi connectivity index (χ0v) is 35.0. The number of aromatic nitrogens is 2. The summed E-state index contributed by atoms with van der Waals surface area (Å²) in [6.07, 6.45) is 8.07. The molecular formula is C46H60N6O6. The number of nitrogens with two attached hydrogens (primary N) is 1. The first-order valence-electron chi connectivity index (χ1n) is 21.1. The summed E-state index contributed by atoms with van der Waals surface area (Å²) in [4.78, 5) is 35.0. The molecule has 1 aliphatic carbocycles. The van der Waals surface area contributed by atoms with E-state index in [1.165, 1.54) is 17.9 Å². The predicted molar refractivity (Wildman–Crippen MR) is 224 cm³/mol. The number of rotatable bonds is 7. The average Bonchev–Trinajstić information content (AvgIpc) is 4.04. The third-order valence-corrected chi connectivity index (χ3v) is 13.1. The van der Waals surface area contributed by atoms with Crippen molar-refractivity contribution in [2.75, 3.05) is 40.5 Å². The van der Waals surface area contributed by atoms with Crippen LogP contribution in [0, 0.1) is 5.41 Å². The molecule has 4 aliphatic rings. The summed E-state index contributed by atoms with van der Waals surface area (Å²) in [6, 6.07) is 13.4. The zero-order chi connectivity index (χ0) is 40.9. The van der Waals surface area contributed by atoms with Crippen LogP contribution in [0.1, 0.15) is 94.7 Å². The van der Waals surface area contributed by atoms with Gasteiger partial charge in [0.15, 0.2) is 0 Å². The van der Waals surface area contributed by atoms with Crippen LogP contribution in [-0.2, 0) is 48.8 Å². The number of carbonyl (C=O) groups excluding carboxylic acids is 2. The first-order valence-corrected chi connectivity index (χ1v) is 21.1. The van der Waals surface area contributed by atoms with Gasteiger partial charge in [-0.25, -0.2) is 5.43 Å². The minimum absolute atomic E-state index is 0.102. The number of esters is 1. The highest BCUT2D eigenvalue weighted by molar-refractivity contribution is 5.95. The van der Waals surface area contributed by atoms with Gasteiger partial charge in [-0.15, -0.1) is 0 Å². The molecular weight excluding hydrogens is 733 g/mol. The van der Waals surface area contributed by atoms with Crippen LogP contribution in [0.15, 0.2) is 48.7 Å². The lowest BCUT2D eigenvalue weighted by atomic mass is 9.82. The number of hydrogen-bond donors (Lipinski definition) is 3. The van der Waals surface area contributed by atoms with Crippen molar-refractivity contribution in [3.05, 3.63) is 71.0 Å². The Bertz CT molecular complexity index is 2190. The number of fused-ring (bicyclic) bond motifs is 6. The maximum absolute atomic E-state index is 13.7. The van der Waals surface area contributed by atoms with Crippen molar-refractivity contribution in [3.63, 3.8) is 0 Å².